The number of ether oxygens (including phenoxy) is 3. The van der Waals surface area contributed by atoms with E-state index >= 15 is 0 Å². The third-order valence-electron chi connectivity index (χ3n) is 3.57. The summed E-state index contributed by atoms with van der Waals surface area (Å²) in [5.41, 5.74) is 1.70. The summed E-state index contributed by atoms with van der Waals surface area (Å²) in [6.45, 7) is 2.31. The maximum Gasteiger partial charge on any atom is 0.246 e. The van der Waals surface area contributed by atoms with Crippen LogP contribution in [0.15, 0.2) is 12.1 Å². The monoisotopic (exact) mass is 295 g/mol. The Balaban J connectivity index is 2.12. The molecule has 0 saturated heterocycles. The number of rotatable bonds is 6. The number of carbonyl (C=O) groups is 1. The molecule has 6 nitrogen and oxygen atoms in total. The summed E-state index contributed by atoms with van der Waals surface area (Å²) in [5, 5.41) is 13.1. The fourth-order valence-corrected chi connectivity index (χ4v) is 2.53. The molecule has 6 heteroatoms. The van der Waals surface area contributed by atoms with Crippen molar-refractivity contribution >= 4 is 5.91 Å². The maximum absolute atomic E-state index is 11.7. The summed E-state index contributed by atoms with van der Waals surface area (Å²) in [7, 11) is 3.11. The van der Waals surface area contributed by atoms with Gasteiger partial charge in [0.15, 0.2) is 11.5 Å². The van der Waals surface area contributed by atoms with Crippen molar-refractivity contribution in [2.75, 3.05) is 27.4 Å². The molecule has 1 aliphatic rings. The number of hydrogen-bond donors (Lipinski definition) is 2. The molecule has 2 N–H and O–H groups in total. The summed E-state index contributed by atoms with van der Waals surface area (Å²) < 4.78 is 15.5. The van der Waals surface area contributed by atoms with E-state index < -0.39 is 6.10 Å². The third kappa shape index (κ3) is 3.28. The molecule has 0 radical (unpaired) electrons. The first-order valence-corrected chi connectivity index (χ1v) is 6.90. The second kappa shape index (κ2) is 6.78. The van der Waals surface area contributed by atoms with Crippen LogP contribution < -0.4 is 14.8 Å². The molecular weight excluding hydrogens is 274 g/mol. The Labute approximate surface area is 124 Å². The SMILES string of the molecule is CCOCC(=O)N[C@@H]1Cc2cc(OC)c(OC)cc2[C@@H]1O. The van der Waals surface area contributed by atoms with E-state index in [1.807, 2.05) is 13.0 Å². The van der Waals surface area contributed by atoms with E-state index in [4.69, 9.17) is 14.2 Å². The molecule has 0 heterocycles. The lowest BCUT2D eigenvalue weighted by atomic mass is 10.1. The molecule has 1 amide bonds. The molecule has 0 saturated carbocycles. The lowest BCUT2D eigenvalue weighted by Gasteiger charge is -2.17. The number of carbonyl (C=O) groups excluding carboxylic acids is 1. The molecule has 1 aliphatic carbocycles. The first kappa shape index (κ1) is 15.6. The number of fused-ring (bicyclic) bond motifs is 1. The molecular formula is C15H21NO5. The Hall–Kier alpha value is -1.79. The van der Waals surface area contributed by atoms with Crippen LogP contribution in [0.4, 0.5) is 0 Å². The van der Waals surface area contributed by atoms with Crippen molar-refractivity contribution in [1.82, 2.24) is 5.32 Å². The van der Waals surface area contributed by atoms with E-state index in [9.17, 15) is 9.90 Å². The Bertz CT molecular complexity index is 517. The van der Waals surface area contributed by atoms with Gasteiger partial charge in [0, 0.05) is 6.61 Å². The van der Waals surface area contributed by atoms with Crippen molar-refractivity contribution in [3.63, 3.8) is 0 Å². The number of nitrogens with one attached hydrogen (secondary N) is 1. The molecule has 0 aromatic heterocycles. The minimum absolute atomic E-state index is 0.00269. The van der Waals surface area contributed by atoms with Crippen LogP contribution >= 0.6 is 0 Å². The van der Waals surface area contributed by atoms with Gasteiger partial charge in [0.2, 0.25) is 5.91 Å². The molecule has 0 spiro atoms. The van der Waals surface area contributed by atoms with Gasteiger partial charge in [-0.2, -0.15) is 0 Å². The Morgan fingerprint density at radius 3 is 2.62 bits per heavy atom. The smallest absolute Gasteiger partial charge is 0.246 e. The Morgan fingerprint density at radius 1 is 1.33 bits per heavy atom. The predicted octanol–water partition coefficient (Wildman–Crippen LogP) is 0.815. The van der Waals surface area contributed by atoms with E-state index in [-0.39, 0.29) is 18.6 Å². The lowest BCUT2D eigenvalue weighted by molar-refractivity contribution is -0.127. The molecule has 2 atom stereocenters. The summed E-state index contributed by atoms with van der Waals surface area (Å²) in [6.07, 6.45) is -0.209. The van der Waals surface area contributed by atoms with Crippen LogP contribution in [0, 0.1) is 0 Å². The van der Waals surface area contributed by atoms with Gasteiger partial charge in [-0.25, -0.2) is 0 Å². The zero-order chi connectivity index (χ0) is 15.4. The highest BCUT2D eigenvalue weighted by Gasteiger charge is 2.33. The van der Waals surface area contributed by atoms with Gasteiger partial charge in [-0.3, -0.25) is 4.79 Å². The number of aliphatic hydroxyl groups is 1. The zero-order valence-corrected chi connectivity index (χ0v) is 12.5. The topological polar surface area (TPSA) is 77.0 Å². The van der Waals surface area contributed by atoms with Crippen molar-refractivity contribution in [2.45, 2.75) is 25.5 Å². The number of aliphatic hydroxyl groups excluding tert-OH is 1. The molecule has 116 valence electrons. The van der Waals surface area contributed by atoms with Gasteiger partial charge in [-0.1, -0.05) is 0 Å². The van der Waals surface area contributed by atoms with Crippen molar-refractivity contribution in [3.8, 4) is 11.5 Å². The van der Waals surface area contributed by atoms with Gasteiger partial charge < -0.3 is 24.6 Å². The summed E-state index contributed by atoms with van der Waals surface area (Å²) >= 11 is 0. The van der Waals surface area contributed by atoms with E-state index in [2.05, 4.69) is 5.32 Å². The van der Waals surface area contributed by atoms with Gasteiger partial charge in [-0.05, 0) is 36.6 Å². The minimum Gasteiger partial charge on any atom is -0.493 e. The normalized spacial score (nSPS) is 20.0. The summed E-state index contributed by atoms with van der Waals surface area (Å²) in [6, 6.07) is 3.24. The molecule has 0 fully saturated rings. The third-order valence-corrected chi connectivity index (χ3v) is 3.57. The van der Waals surface area contributed by atoms with Crippen molar-refractivity contribution in [3.05, 3.63) is 23.3 Å². The van der Waals surface area contributed by atoms with E-state index in [1.54, 1.807) is 20.3 Å². The highest BCUT2D eigenvalue weighted by atomic mass is 16.5. The van der Waals surface area contributed by atoms with E-state index in [1.165, 1.54) is 0 Å². The van der Waals surface area contributed by atoms with Crippen LogP contribution in [0.3, 0.4) is 0 Å². The number of benzene rings is 1. The molecule has 2 rings (SSSR count). The van der Waals surface area contributed by atoms with Gasteiger partial charge in [-0.15, -0.1) is 0 Å². The number of amides is 1. The fourth-order valence-electron chi connectivity index (χ4n) is 2.53. The van der Waals surface area contributed by atoms with E-state index in [0.717, 1.165) is 11.1 Å². The fraction of sp³-hybridized carbons (Fsp3) is 0.533. The second-order valence-electron chi connectivity index (χ2n) is 4.87. The molecule has 1 aromatic rings. The maximum atomic E-state index is 11.7. The molecule has 0 aliphatic heterocycles. The summed E-state index contributed by atoms with van der Waals surface area (Å²) in [5.74, 6) is 0.953. The molecule has 21 heavy (non-hydrogen) atoms. The Kier molecular flexibility index (Phi) is 5.03. The standard InChI is InChI=1S/C15H21NO5/c1-4-21-8-14(17)16-11-5-9-6-12(19-2)13(20-3)7-10(9)15(11)18/h6-7,11,15,18H,4-5,8H2,1-3H3,(H,16,17)/t11-,15+/m1/s1. The predicted molar refractivity (Wildman–Crippen MR) is 76.6 cm³/mol. The van der Waals surface area contributed by atoms with Crippen LogP contribution in [0.1, 0.15) is 24.2 Å². The first-order valence-electron chi connectivity index (χ1n) is 6.90. The average molecular weight is 295 g/mol. The summed E-state index contributed by atoms with van der Waals surface area (Å²) in [4.78, 5) is 11.7. The van der Waals surface area contributed by atoms with Crippen LogP contribution in [0.25, 0.3) is 0 Å². The number of hydrogen-bond acceptors (Lipinski definition) is 5. The largest absolute Gasteiger partial charge is 0.493 e. The first-order chi connectivity index (χ1) is 10.1. The zero-order valence-electron chi connectivity index (χ0n) is 12.5. The van der Waals surface area contributed by atoms with Crippen LogP contribution in [-0.4, -0.2) is 44.5 Å². The van der Waals surface area contributed by atoms with Crippen molar-refractivity contribution < 1.29 is 24.1 Å². The van der Waals surface area contributed by atoms with Crippen molar-refractivity contribution in [1.29, 1.82) is 0 Å². The lowest BCUT2D eigenvalue weighted by Crippen LogP contribution is -2.39. The van der Waals surface area contributed by atoms with Crippen LogP contribution in [0.5, 0.6) is 11.5 Å². The van der Waals surface area contributed by atoms with E-state index in [0.29, 0.717) is 24.5 Å². The van der Waals surface area contributed by atoms with Gasteiger partial charge in [0.1, 0.15) is 6.61 Å². The van der Waals surface area contributed by atoms with Gasteiger partial charge in [0.05, 0.1) is 26.4 Å². The van der Waals surface area contributed by atoms with Gasteiger partial charge in [0.25, 0.3) is 0 Å². The highest BCUT2D eigenvalue weighted by Crippen LogP contribution is 2.39. The highest BCUT2D eigenvalue weighted by molar-refractivity contribution is 5.77. The van der Waals surface area contributed by atoms with Crippen LogP contribution in [-0.2, 0) is 16.0 Å². The van der Waals surface area contributed by atoms with Crippen molar-refractivity contribution in [2.24, 2.45) is 0 Å². The molecule has 0 unspecified atom stereocenters. The quantitative estimate of drug-likeness (QED) is 0.812. The molecule has 0 bridgehead atoms. The number of methoxy groups -OCH3 is 2. The second-order valence-corrected chi connectivity index (χ2v) is 4.87. The van der Waals surface area contributed by atoms with Crippen LogP contribution in [0.2, 0.25) is 0 Å². The molecule has 1 aromatic carbocycles. The van der Waals surface area contributed by atoms with Gasteiger partial charge >= 0.3 is 0 Å². The average Bonchev–Trinajstić information content (AvgIpc) is 2.79. The Morgan fingerprint density at radius 2 is 2.00 bits per heavy atom. The minimum atomic E-state index is -0.759.